The lowest BCUT2D eigenvalue weighted by molar-refractivity contribution is -0.145. The number of nitrogens with zero attached hydrogens (tertiary/aromatic N) is 1. The molecule has 1 saturated heterocycles. The fourth-order valence-electron chi connectivity index (χ4n) is 8.61. The maximum absolute atomic E-state index is 15.1. The van der Waals surface area contributed by atoms with Gasteiger partial charge in [0.25, 0.3) is 0 Å². The summed E-state index contributed by atoms with van der Waals surface area (Å²) in [5.74, 6) is -5.90. The average Bonchev–Trinajstić information content (AvgIpc) is 3.29. The van der Waals surface area contributed by atoms with Gasteiger partial charge >= 0.3 is 0 Å². The summed E-state index contributed by atoms with van der Waals surface area (Å²) in [7, 11) is 0. The van der Waals surface area contributed by atoms with Gasteiger partial charge in [-0.15, -0.1) is 0 Å². The maximum Gasteiger partial charge on any atom is 0.234 e. The standard InChI is InChI=1S/C38H34FNO5/c1-37(2,3)40-35(44)25-16-15-24-27(32(25)36(40)45)19-28-34(43)26(21-10-6-4-7-11-21)20-31(42)38(28,23-12-8-5-9-13-23)33(24)22-14-17-30(41)29(39)18-22/h4-15,17-18,20,25,27-28,32-33,41H,16,19H2,1-3H3/t25-,27+,28-,32-,33-,38-/m0/s1. The Labute approximate surface area is 261 Å². The summed E-state index contributed by atoms with van der Waals surface area (Å²) in [6.07, 6.45) is 3.87. The number of halogens is 1. The van der Waals surface area contributed by atoms with E-state index in [2.05, 4.69) is 0 Å². The molecule has 3 aromatic rings. The highest BCUT2D eigenvalue weighted by Crippen LogP contribution is 2.64. The van der Waals surface area contributed by atoms with Crippen molar-refractivity contribution in [2.45, 2.75) is 50.5 Å². The van der Waals surface area contributed by atoms with Crippen LogP contribution >= 0.6 is 0 Å². The number of fused-ring (bicyclic) bond motifs is 4. The maximum atomic E-state index is 15.1. The number of carbonyl (C=O) groups is 4. The van der Waals surface area contributed by atoms with E-state index in [1.807, 2.05) is 75.4 Å². The normalized spacial score (nSPS) is 29.5. The smallest absolute Gasteiger partial charge is 0.234 e. The van der Waals surface area contributed by atoms with Crippen molar-refractivity contribution in [1.82, 2.24) is 4.90 Å². The Balaban J connectivity index is 1.51. The van der Waals surface area contributed by atoms with Crippen LogP contribution in [0.4, 0.5) is 4.39 Å². The number of Topliss-reactive ketones (excluding diaryl/α,β-unsaturated/α-hetero) is 1. The van der Waals surface area contributed by atoms with Crippen LogP contribution < -0.4 is 0 Å². The van der Waals surface area contributed by atoms with Gasteiger partial charge in [0, 0.05) is 22.9 Å². The molecular weight excluding hydrogens is 569 g/mol. The Morgan fingerprint density at radius 1 is 0.867 bits per heavy atom. The van der Waals surface area contributed by atoms with Gasteiger partial charge in [0.2, 0.25) is 11.8 Å². The van der Waals surface area contributed by atoms with E-state index in [9.17, 15) is 24.3 Å². The summed E-state index contributed by atoms with van der Waals surface area (Å²) in [6.45, 7) is 5.49. The highest BCUT2D eigenvalue weighted by molar-refractivity contribution is 6.31. The Bertz CT molecular complexity index is 1820. The van der Waals surface area contributed by atoms with Gasteiger partial charge in [-0.25, -0.2) is 4.39 Å². The lowest BCUT2D eigenvalue weighted by Gasteiger charge is -2.55. The molecule has 4 aliphatic rings. The number of allylic oxidation sites excluding steroid dienone is 4. The molecule has 3 aromatic carbocycles. The summed E-state index contributed by atoms with van der Waals surface area (Å²) < 4.78 is 15.1. The van der Waals surface area contributed by atoms with Crippen LogP contribution in [-0.4, -0.2) is 38.9 Å². The minimum atomic E-state index is -1.44. The molecule has 6 nitrogen and oxygen atoms in total. The van der Waals surface area contributed by atoms with Crippen LogP contribution in [0.1, 0.15) is 56.2 Å². The molecule has 1 aliphatic heterocycles. The van der Waals surface area contributed by atoms with Crippen molar-refractivity contribution in [3.8, 4) is 5.75 Å². The van der Waals surface area contributed by atoms with E-state index in [0.717, 1.165) is 5.57 Å². The van der Waals surface area contributed by atoms with Crippen molar-refractivity contribution in [1.29, 1.82) is 0 Å². The van der Waals surface area contributed by atoms with E-state index < -0.39 is 52.1 Å². The van der Waals surface area contributed by atoms with Crippen molar-refractivity contribution in [3.05, 3.63) is 119 Å². The molecule has 0 spiro atoms. The van der Waals surface area contributed by atoms with E-state index in [1.54, 1.807) is 18.2 Å². The van der Waals surface area contributed by atoms with E-state index in [0.29, 0.717) is 28.7 Å². The lowest BCUT2D eigenvalue weighted by atomic mass is 9.44. The lowest BCUT2D eigenvalue weighted by Crippen LogP contribution is -2.59. The first-order valence-electron chi connectivity index (χ1n) is 15.4. The molecule has 0 unspecified atom stereocenters. The van der Waals surface area contributed by atoms with Gasteiger partial charge in [-0.3, -0.25) is 24.1 Å². The zero-order chi connectivity index (χ0) is 31.8. The zero-order valence-corrected chi connectivity index (χ0v) is 25.4. The van der Waals surface area contributed by atoms with E-state index >= 15 is 4.39 Å². The third kappa shape index (κ3) is 4.13. The summed E-state index contributed by atoms with van der Waals surface area (Å²) in [5, 5.41) is 10.1. The first-order valence-corrected chi connectivity index (χ1v) is 15.4. The van der Waals surface area contributed by atoms with Crippen LogP contribution in [0.5, 0.6) is 5.75 Å². The third-order valence-electron chi connectivity index (χ3n) is 10.4. The molecule has 2 amide bonds. The summed E-state index contributed by atoms with van der Waals surface area (Å²) in [5.41, 5.74) is 0.572. The number of aromatic hydroxyl groups is 1. The minimum absolute atomic E-state index is 0.185. The van der Waals surface area contributed by atoms with Gasteiger partial charge < -0.3 is 5.11 Å². The highest BCUT2D eigenvalue weighted by atomic mass is 19.1. The topological polar surface area (TPSA) is 91.8 Å². The molecule has 0 bridgehead atoms. The summed E-state index contributed by atoms with van der Waals surface area (Å²) in [4.78, 5) is 58.9. The van der Waals surface area contributed by atoms with Crippen LogP contribution in [-0.2, 0) is 24.6 Å². The van der Waals surface area contributed by atoms with Crippen LogP contribution in [0.3, 0.4) is 0 Å². The molecule has 45 heavy (non-hydrogen) atoms. The summed E-state index contributed by atoms with van der Waals surface area (Å²) >= 11 is 0. The van der Waals surface area contributed by atoms with Gasteiger partial charge in [-0.2, -0.15) is 0 Å². The first kappa shape index (κ1) is 29.1. The van der Waals surface area contributed by atoms with Gasteiger partial charge in [-0.05, 0) is 74.4 Å². The van der Waals surface area contributed by atoms with E-state index in [1.165, 1.54) is 23.1 Å². The van der Waals surface area contributed by atoms with E-state index in [-0.39, 0.29) is 29.8 Å². The molecule has 7 rings (SSSR count). The number of benzene rings is 3. The fourth-order valence-corrected chi connectivity index (χ4v) is 8.61. The molecule has 0 aromatic heterocycles. The van der Waals surface area contributed by atoms with Crippen LogP contribution in [0, 0.1) is 29.5 Å². The Morgan fingerprint density at radius 3 is 2.18 bits per heavy atom. The second kappa shape index (κ2) is 10.2. The minimum Gasteiger partial charge on any atom is -0.505 e. The monoisotopic (exact) mass is 603 g/mol. The van der Waals surface area contributed by atoms with Crippen LogP contribution in [0.25, 0.3) is 5.57 Å². The fraction of sp³-hybridized carbons (Fsp3) is 0.316. The number of amides is 2. The quantitative estimate of drug-likeness (QED) is 0.286. The number of rotatable bonds is 3. The Hall–Kier alpha value is -4.65. The SMILES string of the molecule is CC(C)(C)N1C(=O)[C@H]2[C@H](CC=C3[C@H]2C[C@H]2C(=O)C(c4ccccc4)=CC(=O)[C@@]2(c2ccccc2)[C@H]3c2ccc(O)c(F)c2)C1=O. The zero-order valence-electron chi connectivity index (χ0n) is 25.4. The van der Waals surface area contributed by atoms with Crippen LogP contribution in [0.15, 0.2) is 96.6 Å². The molecular formula is C38H34FNO5. The highest BCUT2D eigenvalue weighted by Gasteiger charge is 2.66. The number of phenols is 1. The molecule has 3 aliphatic carbocycles. The van der Waals surface area contributed by atoms with Crippen molar-refractivity contribution >= 4 is 29.0 Å². The van der Waals surface area contributed by atoms with Crippen molar-refractivity contribution in [3.63, 3.8) is 0 Å². The number of imide groups is 1. The molecule has 1 saturated carbocycles. The second-order valence-electron chi connectivity index (χ2n) is 13.7. The molecule has 6 atom stereocenters. The summed E-state index contributed by atoms with van der Waals surface area (Å²) in [6, 6.07) is 22.3. The van der Waals surface area contributed by atoms with Gasteiger partial charge in [-0.1, -0.05) is 78.4 Å². The van der Waals surface area contributed by atoms with Crippen LogP contribution in [0.2, 0.25) is 0 Å². The number of carbonyl (C=O) groups excluding carboxylic acids is 4. The predicted molar refractivity (Wildman–Crippen MR) is 166 cm³/mol. The van der Waals surface area contributed by atoms with E-state index in [4.69, 9.17) is 0 Å². The molecule has 228 valence electrons. The number of likely N-dealkylation sites (tertiary alicyclic amines) is 1. The molecule has 7 heteroatoms. The first-order chi connectivity index (χ1) is 21.5. The number of phenolic OH excluding ortho intramolecular Hbond substituents is 1. The van der Waals surface area contributed by atoms with Gasteiger partial charge in [0.05, 0.1) is 17.3 Å². The molecule has 1 N–H and O–H groups in total. The average molecular weight is 604 g/mol. The van der Waals surface area contributed by atoms with Crippen molar-refractivity contribution in [2.24, 2.45) is 23.7 Å². The van der Waals surface area contributed by atoms with Gasteiger partial charge in [0.1, 0.15) is 0 Å². The Morgan fingerprint density at radius 2 is 1.53 bits per heavy atom. The van der Waals surface area contributed by atoms with Crippen molar-refractivity contribution in [2.75, 3.05) is 0 Å². The molecule has 0 radical (unpaired) electrons. The number of hydrogen-bond acceptors (Lipinski definition) is 5. The predicted octanol–water partition coefficient (Wildman–Crippen LogP) is 6.15. The number of ketones is 2. The second-order valence-corrected chi connectivity index (χ2v) is 13.7. The molecule has 2 fully saturated rings. The third-order valence-corrected chi connectivity index (χ3v) is 10.4. The Kier molecular flexibility index (Phi) is 6.59. The van der Waals surface area contributed by atoms with Gasteiger partial charge in [0.15, 0.2) is 23.1 Å². The van der Waals surface area contributed by atoms with Crippen molar-refractivity contribution < 1.29 is 28.7 Å². The molecule has 1 heterocycles. The number of hydrogen-bond donors (Lipinski definition) is 1. The largest absolute Gasteiger partial charge is 0.505 e.